The monoisotopic (exact) mass is 176 g/mol. The normalized spacial score (nSPS) is 11.8. The fourth-order valence-corrected chi connectivity index (χ4v) is 1.08. The molecule has 1 N–H and O–H groups in total. The lowest BCUT2D eigenvalue weighted by molar-refractivity contribution is 0.193. The third kappa shape index (κ3) is 2.50. The van der Waals surface area contributed by atoms with Crippen LogP contribution in [-0.4, -0.2) is 11.7 Å². The number of hydrogen-bond acceptors (Lipinski definition) is 2. The molecule has 1 rings (SSSR count). The van der Waals surface area contributed by atoms with Gasteiger partial charge in [-0.3, -0.25) is 0 Å². The molecule has 0 spiro atoms. The quantitative estimate of drug-likeness (QED) is 0.711. The zero-order valence-electron chi connectivity index (χ0n) is 7.53. The van der Waals surface area contributed by atoms with Crippen molar-refractivity contribution < 1.29 is 9.84 Å². The molecule has 0 aliphatic carbocycles. The molecule has 0 aliphatic heterocycles. The van der Waals surface area contributed by atoms with Gasteiger partial charge >= 0.3 is 0 Å². The summed E-state index contributed by atoms with van der Waals surface area (Å²) in [5, 5.41) is 9.37. The molecule has 1 aromatic rings. The van der Waals surface area contributed by atoms with E-state index in [1.165, 1.54) is 0 Å². The molecule has 0 fully saturated rings. The number of aliphatic hydroxyl groups excluding tert-OH is 1. The first kappa shape index (κ1) is 9.63. The molecule has 0 bridgehead atoms. The minimum absolute atomic E-state index is 0.226. The first-order valence-corrected chi connectivity index (χ1v) is 4.09. The fourth-order valence-electron chi connectivity index (χ4n) is 1.08. The largest absolute Gasteiger partial charge is 0.481 e. The van der Waals surface area contributed by atoms with E-state index in [0.717, 1.165) is 5.56 Å². The van der Waals surface area contributed by atoms with Crippen LogP contribution in [0.3, 0.4) is 0 Å². The number of ether oxygens (including phenoxy) is 1. The van der Waals surface area contributed by atoms with Gasteiger partial charge in [-0.15, -0.1) is 6.42 Å². The molecule has 1 aromatic carbocycles. The van der Waals surface area contributed by atoms with E-state index in [4.69, 9.17) is 11.2 Å². The summed E-state index contributed by atoms with van der Waals surface area (Å²) in [5.41, 5.74) is 0.762. The molecule has 2 nitrogen and oxygen atoms in total. The van der Waals surface area contributed by atoms with Crippen LogP contribution in [0, 0.1) is 12.3 Å². The third-order valence-corrected chi connectivity index (χ3v) is 1.68. The Morgan fingerprint density at radius 3 is 2.85 bits per heavy atom. The Balaban J connectivity index is 2.86. The van der Waals surface area contributed by atoms with Crippen molar-refractivity contribution in [1.82, 2.24) is 0 Å². The number of terminal acetylenes is 1. The number of hydrogen-bond donors (Lipinski definition) is 1. The molecule has 68 valence electrons. The summed E-state index contributed by atoms with van der Waals surface area (Å²) < 4.78 is 5.25. The topological polar surface area (TPSA) is 29.5 Å². The van der Waals surface area contributed by atoms with Crippen LogP contribution in [-0.2, 0) is 0 Å². The molecule has 1 unspecified atom stereocenters. The fraction of sp³-hybridized carbons (Fsp3) is 0.273. The van der Waals surface area contributed by atoms with Gasteiger partial charge in [-0.25, -0.2) is 0 Å². The van der Waals surface area contributed by atoms with Crippen molar-refractivity contribution in [1.29, 1.82) is 0 Å². The van der Waals surface area contributed by atoms with E-state index >= 15 is 0 Å². The Kier molecular flexibility index (Phi) is 3.36. The Hall–Kier alpha value is -1.46. The van der Waals surface area contributed by atoms with Gasteiger partial charge in [-0.2, -0.15) is 0 Å². The number of aliphatic hydroxyl groups is 1. The molecule has 1 atom stereocenters. The number of para-hydroxylation sites is 1. The van der Waals surface area contributed by atoms with Gasteiger partial charge in [0, 0.05) is 5.56 Å². The maximum atomic E-state index is 9.37. The van der Waals surface area contributed by atoms with Crippen LogP contribution >= 0.6 is 0 Å². The molecule has 0 radical (unpaired) electrons. The van der Waals surface area contributed by atoms with Gasteiger partial charge in [-0.1, -0.05) is 24.1 Å². The van der Waals surface area contributed by atoms with Gasteiger partial charge in [0.05, 0.1) is 6.10 Å². The molecule has 0 aromatic heterocycles. The molecule has 0 amide bonds. The molecular weight excluding hydrogens is 164 g/mol. The Labute approximate surface area is 78.2 Å². The van der Waals surface area contributed by atoms with Crippen molar-refractivity contribution >= 4 is 0 Å². The molecule has 2 heteroatoms. The molecule has 13 heavy (non-hydrogen) atoms. The molecular formula is C11H12O2. The summed E-state index contributed by atoms with van der Waals surface area (Å²) in [6, 6.07) is 7.30. The van der Waals surface area contributed by atoms with Gasteiger partial charge in [0.15, 0.2) is 0 Å². The molecule has 0 heterocycles. The minimum atomic E-state index is -0.533. The lowest BCUT2D eigenvalue weighted by atomic mass is 10.1. The van der Waals surface area contributed by atoms with E-state index in [9.17, 15) is 5.11 Å². The summed E-state index contributed by atoms with van der Waals surface area (Å²) in [5.74, 6) is 3.03. The molecule has 0 saturated heterocycles. The van der Waals surface area contributed by atoms with Crippen LogP contribution in [0.15, 0.2) is 24.3 Å². The van der Waals surface area contributed by atoms with Crippen molar-refractivity contribution in [3.8, 4) is 18.1 Å². The highest BCUT2D eigenvalue weighted by Crippen LogP contribution is 2.24. The van der Waals surface area contributed by atoms with Crippen molar-refractivity contribution in [3.63, 3.8) is 0 Å². The van der Waals surface area contributed by atoms with Crippen LogP contribution in [0.25, 0.3) is 0 Å². The predicted molar refractivity (Wildman–Crippen MR) is 51.4 cm³/mol. The SMILES string of the molecule is C#CCOc1ccccc1C(C)O. The van der Waals surface area contributed by atoms with Crippen LogP contribution in [0.4, 0.5) is 0 Å². The van der Waals surface area contributed by atoms with Crippen molar-refractivity contribution in [3.05, 3.63) is 29.8 Å². The number of rotatable bonds is 3. The van der Waals surface area contributed by atoms with Crippen LogP contribution in [0.5, 0.6) is 5.75 Å². The first-order valence-electron chi connectivity index (χ1n) is 4.09. The van der Waals surface area contributed by atoms with Crippen LogP contribution < -0.4 is 4.74 Å². The van der Waals surface area contributed by atoms with Gasteiger partial charge in [0.2, 0.25) is 0 Å². The average molecular weight is 176 g/mol. The van der Waals surface area contributed by atoms with Crippen molar-refractivity contribution in [2.45, 2.75) is 13.0 Å². The van der Waals surface area contributed by atoms with Crippen LogP contribution in [0.2, 0.25) is 0 Å². The summed E-state index contributed by atoms with van der Waals surface area (Å²) in [7, 11) is 0. The van der Waals surface area contributed by atoms with E-state index < -0.39 is 6.10 Å². The van der Waals surface area contributed by atoms with Crippen LogP contribution in [0.1, 0.15) is 18.6 Å². The minimum Gasteiger partial charge on any atom is -0.481 e. The predicted octanol–water partition coefficient (Wildman–Crippen LogP) is 1.75. The molecule has 0 aliphatic rings. The Morgan fingerprint density at radius 1 is 1.54 bits per heavy atom. The van der Waals surface area contributed by atoms with E-state index in [1.54, 1.807) is 13.0 Å². The van der Waals surface area contributed by atoms with Gasteiger partial charge in [0.1, 0.15) is 12.4 Å². The first-order chi connectivity index (χ1) is 6.25. The van der Waals surface area contributed by atoms with E-state index in [-0.39, 0.29) is 6.61 Å². The summed E-state index contributed by atoms with van der Waals surface area (Å²) in [6.07, 6.45) is 4.53. The highest BCUT2D eigenvalue weighted by molar-refractivity contribution is 5.34. The summed E-state index contributed by atoms with van der Waals surface area (Å²) in [4.78, 5) is 0. The van der Waals surface area contributed by atoms with Crippen molar-refractivity contribution in [2.75, 3.05) is 6.61 Å². The lowest BCUT2D eigenvalue weighted by Crippen LogP contribution is -1.99. The Bertz CT molecular complexity index is 310. The van der Waals surface area contributed by atoms with Gasteiger partial charge in [0.25, 0.3) is 0 Å². The third-order valence-electron chi connectivity index (χ3n) is 1.68. The average Bonchev–Trinajstić information content (AvgIpc) is 2.15. The summed E-state index contributed by atoms with van der Waals surface area (Å²) in [6.45, 7) is 1.92. The second kappa shape index (κ2) is 4.54. The van der Waals surface area contributed by atoms with Crippen molar-refractivity contribution in [2.24, 2.45) is 0 Å². The second-order valence-electron chi connectivity index (χ2n) is 2.71. The highest BCUT2D eigenvalue weighted by Gasteiger charge is 2.06. The standard InChI is InChI=1S/C11H12O2/c1-3-8-13-11-7-5-4-6-10(11)9(2)12/h1,4-7,9,12H,8H2,2H3. The highest BCUT2D eigenvalue weighted by atomic mass is 16.5. The summed E-state index contributed by atoms with van der Waals surface area (Å²) >= 11 is 0. The maximum absolute atomic E-state index is 9.37. The molecule has 0 saturated carbocycles. The van der Waals surface area contributed by atoms with E-state index in [2.05, 4.69) is 5.92 Å². The second-order valence-corrected chi connectivity index (χ2v) is 2.71. The Morgan fingerprint density at radius 2 is 2.23 bits per heavy atom. The smallest absolute Gasteiger partial charge is 0.148 e. The van der Waals surface area contributed by atoms with Gasteiger partial charge in [-0.05, 0) is 13.0 Å². The van der Waals surface area contributed by atoms with Gasteiger partial charge < -0.3 is 9.84 Å². The maximum Gasteiger partial charge on any atom is 0.148 e. The van der Waals surface area contributed by atoms with E-state index in [1.807, 2.05) is 18.2 Å². The zero-order chi connectivity index (χ0) is 9.68. The zero-order valence-corrected chi connectivity index (χ0v) is 7.53. The van der Waals surface area contributed by atoms with E-state index in [0.29, 0.717) is 5.75 Å². The number of benzene rings is 1. The lowest BCUT2D eigenvalue weighted by Gasteiger charge is -2.10.